The number of rotatable bonds is 8. The van der Waals surface area contributed by atoms with Gasteiger partial charge in [0.25, 0.3) is 0 Å². The number of hydrogen-bond donors (Lipinski definition) is 0. The SMILES string of the molecule is CCCCCC(=O)O[P+](=O)OOCC. The topological polar surface area (TPSA) is 61.8 Å². The maximum atomic E-state index is 10.9. The van der Waals surface area contributed by atoms with E-state index < -0.39 is 14.2 Å². The first-order chi connectivity index (χ1) is 6.70. The highest BCUT2D eigenvalue weighted by Crippen LogP contribution is 2.24. The van der Waals surface area contributed by atoms with Gasteiger partial charge in [-0.25, -0.2) is 4.79 Å². The summed E-state index contributed by atoms with van der Waals surface area (Å²) in [6, 6.07) is 0. The van der Waals surface area contributed by atoms with Crippen molar-refractivity contribution in [1.82, 2.24) is 0 Å². The summed E-state index contributed by atoms with van der Waals surface area (Å²) in [5, 5.41) is 0. The van der Waals surface area contributed by atoms with Crippen molar-refractivity contribution in [2.24, 2.45) is 0 Å². The molecule has 0 rings (SSSR count). The smallest absolute Gasteiger partial charge is 0.247 e. The van der Waals surface area contributed by atoms with E-state index >= 15 is 0 Å². The number of carbonyl (C=O) groups excluding carboxylic acids is 1. The Bertz CT molecular complexity index is 183. The molecule has 0 radical (unpaired) electrons. The average Bonchev–Trinajstić information content (AvgIpc) is 2.15. The fourth-order valence-electron chi connectivity index (χ4n) is 0.759. The first-order valence-corrected chi connectivity index (χ1v) is 5.77. The van der Waals surface area contributed by atoms with Gasteiger partial charge in [-0.15, -0.1) is 0 Å². The Morgan fingerprint density at radius 3 is 2.57 bits per heavy atom. The molecule has 0 fully saturated rings. The van der Waals surface area contributed by atoms with Crippen LogP contribution >= 0.6 is 8.25 Å². The fraction of sp³-hybridized carbons (Fsp3) is 0.875. The van der Waals surface area contributed by atoms with Crippen molar-refractivity contribution >= 4 is 14.2 Å². The second kappa shape index (κ2) is 9.06. The highest BCUT2D eigenvalue weighted by molar-refractivity contribution is 7.33. The molecule has 6 heteroatoms. The molecule has 0 aliphatic carbocycles. The van der Waals surface area contributed by atoms with Crippen LogP contribution in [-0.4, -0.2) is 12.6 Å². The van der Waals surface area contributed by atoms with Gasteiger partial charge in [0.05, 0.1) is 17.7 Å². The van der Waals surface area contributed by atoms with E-state index in [9.17, 15) is 9.36 Å². The van der Waals surface area contributed by atoms with Gasteiger partial charge < -0.3 is 0 Å². The van der Waals surface area contributed by atoms with E-state index in [0.29, 0.717) is 0 Å². The van der Waals surface area contributed by atoms with E-state index in [-0.39, 0.29) is 13.0 Å². The molecule has 14 heavy (non-hydrogen) atoms. The van der Waals surface area contributed by atoms with Gasteiger partial charge in [-0.2, -0.15) is 9.41 Å². The standard InChI is InChI=1S/C8H16O5P/c1-3-5-6-7-8(9)12-14(10)13-11-4-2/h3-7H2,1-2H3/q+1. The van der Waals surface area contributed by atoms with E-state index in [1.165, 1.54) is 0 Å². The van der Waals surface area contributed by atoms with Gasteiger partial charge in [0.2, 0.25) is 0 Å². The molecule has 0 aromatic rings. The molecule has 0 bridgehead atoms. The summed E-state index contributed by atoms with van der Waals surface area (Å²) in [5.74, 6) is -0.515. The van der Waals surface area contributed by atoms with Crippen molar-refractivity contribution in [2.45, 2.75) is 39.5 Å². The van der Waals surface area contributed by atoms with Crippen molar-refractivity contribution in [1.29, 1.82) is 0 Å². The summed E-state index contributed by atoms with van der Waals surface area (Å²) in [4.78, 5) is 15.3. The maximum Gasteiger partial charge on any atom is 0.784 e. The lowest BCUT2D eigenvalue weighted by atomic mass is 10.2. The molecule has 0 aliphatic heterocycles. The quantitative estimate of drug-likeness (QED) is 0.274. The van der Waals surface area contributed by atoms with Crippen LogP contribution < -0.4 is 0 Å². The third kappa shape index (κ3) is 8.10. The summed E-state index contributed by atoms with van der Waals surface area (Å²) in [6.45, 7) is 3.96. The molecule has 1 atom stereocenters. The lowest BCUT2D eigenvalue weighted by molar-refractivity contribution is -0.205. The van der Waals surface area contributed by atoms with Crippen LogP contribution in [0.2, 0.25) is 0 Å². The molecule has 1 unspecified atom stereocenters. The Hall–Kier alpha value is -0.510. The van der Waals surface area contributed by atoms with E-state index in [1.807, 2.05) is 6.92 Å². The minimum atomic E-state index is -2.47. The first-order valence-electron chi connectivity index (χ1n) is 4.68. The normalized spacial score (nSPS) is 11.1. The number of hydrogen-bond acceptors (Lipinski definition) is 5. The zero-order valence-electron chi connectivity index (χ0n) is 8.52. The van der Waals surface area contributed by atoms with Crippen LogP contribution in [0, 0.1) is 0 Å². The molecule has 0 aliphatic rings. The van der Waals surface area contributed by atoms with Gasteiger partial charge >= 0.3 is 14.2 Å². The van der Waals surface area contributed by atoms with Crippen LogP contribution in [-0.2, 0) is 23.4 Å². The van der Waals surface area contributed by atoms with Crippen LogP contribution in [0.5, 0.6) is 0 Å². The zero-order chi connectivity index (χ0) is 10.8. The Kier molecular flexibility index (Phi) is 8.73. The molecule has 0 aromatic heterocycles. The van der Waals surface area contributed by atoms with Crippen LogP contribution in [0.4, 0.5) is 0 Å². The van der Waals surface area contributed by atoms with Crippen LogP contribution in [0.3, 0.4) is 0 Å². The van der Waals surface area contributed by atoms with Crippen molar-refractivity contribution < 1.29 is 23.4 Å². The summed E-state index contributed by atoms with van der Waals surface area (Å²) >= 11 is 0. The second-order valence-electron chi connectivity index (χ2n) is 2.63. The van der Waals surface area contributed by atoms with Crippen molar-refractivity contribution in [3.05, 3.63) is 0 Å². The first kappa shape index (κ1) is 13.5. The molecule has 0 N–H and O–H groups in total. The lowest BCUT2D eigenvalue weighted by Crippen LogP contribution is -1.99. The Balaban J connectivity index is 3.45. The van der Waals surface area contributed by atoms with E-state index in [1.54, 1.807) is 6.92 Å². The largest absolute Gasteiger partial charge is 0.784 e. The Morgan fingerprint density at radius 2 is 2.00 bits per heavy atom. The zero-order valence-corrected chi connectivity index (χ0v) is 9.42. The molecular formula is C8H16O5P+. The number of carbonyl (C=O) groups is 1. The molecule has 5 nitrogen and oxygen atoms in total. The monoisotopic (exact) mass is 223 g/mol. The van der Waals surface area contributed by atoms with Gasteiger partial charge in [0, 0.05) is 4.57 Å². The Morgan fingerprint density at radius 1 is 1.29 bits per heavy atom. The minimum absolute atomic E-state index is 0.258. The maximum absolute atomic E-state index is 10.9. The van der Waals surface area contributed by atoms with Crippen molar-refractivity contribution in [3.63, 3.8) is 0 Å². The third-order valence-electron chi connectivity index (χ3n) is 1.39. The molecule has 0 amide bonds. The second-order valence-corrected chi connectivity index (χ2v) is 3.40. The summed E-state index contributed by atoms with van der Waals surface area (Å²) in [6.07, 6.45) is 2.99. The van der Waals surface area contributed by atoms with E-state index in [0.717, 1.165) is 19.3 Å². The van der Waals surface area contributed by atoms with Gasteiger partial charge in [0.15, 0.2) is 0 Å². The molecular weight excluding hydrogens is 207 g/mol. The molecule has 0 heterocycles. The molecule has 0 spiro atoms. The van der Waals surface area contributed by atoms with Crippen LogP contribution in [0.1, 0.15) is 39.5 Å². The van der Waals surface area contributed by atoms with Crippen molar-refractivity contribution in [2.75, 3.05) is 6.61 Å². The van der Waals surface area contributed by atoms with Gasteiger partial charge in [0.1, 0.15) is 0 Å². The fourth-order valence-corrected chi connectivity index (χ4v) is 1.24. The highest BCUT2D eigenvalue weighted by atomic mass is 31.1. The molecule has 82 valence electrons. The lowest BCUT2D eigenvalue weighted by Gasteiger charge is -1.92. The summed E-state index contributed by atoms with van der Waals surface area (Å²) in [7, 11) is -2.47. The molecule has 0 aromatic carbocycles. The van der Waals surface area contributed by atoms with Crippen LogP contribution in [0.15, 0.2) is 0 Å². The average molecular weight is 223 g/mol. The van der Waals surface area contributed by atoms with E-state index in [4.69, 9.17) is 0 Å². The van der Waals surface area contributed by atoms with Crippen LogP contribution in [0.25, 0.3) is 0 Å². The predicted octanol–water partition coefficient (Wildman–Crippen LogP) is 2.74. The predicted molar refractivity (Wildman–Crippen MR) is 50.6 cm³/mol. The number of unbranched alkanes of at least 4 members (excludes halogenated alkanes) is 2. The van der Waals surface area contributed by atoms with Crippen molar-refractivity contribution in [3.8, 4) is 0 Å². The third-order valence-corrected chi connectivity index (χ3v) is 1.97. The minimum Gasteiger partial charge on any atom is -0.247 e. The van der Waals surface area contributed by atoms with Gasteiger partial charge in [-0.1, -0.05) is 19.8 Å². The summed E-state index contributed by atoms with van der Waals surface area (Å²) < 4.78 is 19.5. The molecule has 0 saturated heterocycles. The Labute approximate surface area is 84.6 Å². The molecule has 0 saturated carbocycles. The highest BCUT2D eigenvalue weighted by Gasteiger charge is 2.27. The van der Waals surface area contributed by atoms with Gasteiger partial charge in [-0.05, 0) is 13.3 Å². The van der Waals surface area contributed by atoms with Gasteiger partial charge in [-0.3, -0.25) is 0 Å². The van der Waals surface area contributed by atoms with E-state index in [2.05, 4.69) is 14.1 Å². The summed E-state index contributed by atoms with van der Waals surface area (Å²) in [5.41, 5.74) is 0.